The van der Waals surface area contributed by atoms with Crippen LogP contribution >= 0.6 is 0 Å². The highest BCUT2D eigenvalue weighted by Crippen LogP contribution is 2.38. The maximum atomic E-state index is 13.9. The van der Waals surface area contributed by atoms with Gasteiger partial charge in [0.05, 0.1) is 18.4 Å². The third-order valence-corrected chi connectivity index (χ3v) is 5.35. The third kappa shape index (κ3) is 3.25. The Bertz CT molecular complexity index is 1550. The molecule has 33 heavy (non-hydrogen) atoms. The molecule has 0 unspecified atom stereocenters. The first-order chi connectivity index (χ1) is 15.8. The molecule has 0 fully saturated rings. The van der Waals surface area contributed by atoms with Crippen LogP contribution in [0.4, 0.5) is 13.2 Å². The summed E-state index contributed by atoms with van der Waals surface area (Å²) in [5.41, 5.74) is -0.784. The number of nitrogens with zero attached hydrogens (tertiary/aromatic N) is 3. The Kier molecular flexibility index (Phi) is 4.73. The molecular weight excluding hydrogens is 437 g/mol. The number of methoxy groups -OCH3 is 1. The van der Waals surface area contributed by atoms with Crippen molar-refractivity contribution in [2.24, 2.45) is 0 Å². The van der Waals surface area contributed by atoms with Crippen molar-refractivity contribution in [2.75, 3.05) is 7.11 Å². The number of fused-ring (bicyclic) bond motifs is 2. The fourth-order valence-electron chi connectivity index (χ4n) is 3.87. The van der Waals surface area contributed by atoms with Gasteiger partial charge >= 0.3 is 6.18 Å². The molecule has 5 rings (SSSR count). The van der Waals surface area contributed by atoms with Gasteiger partial charge in [-0.05, 0) is 24.1 Å². The smallest absolute Gasteiger partial charge is 0.433 e. The van der Waals surface area contributed by atoms with Crippen LogP contribution in [0, 0.1) is 0 Å². The van der Waals surface area contributed by atoms with Crippen molar-refractivity contribution in [1.29, 1.82) is 0 Å². The summed E-state index contributed by atoms with van der Waals surface area (Å²) in [7, 11) is 1.48. The largest absolute Gasteiger partial charge is 0.494 e. The number of hydrogen-bond acceptors (Lipinski definition) is 5. The molecule has 2 aromatic carbocycles. The van der Waals surface area contributed by atoms with E-state index in [-0.39, 0.29) is 40.3 Å². The van der Waals surface area contributed by atoms with Gasteiger partial charge in [-0.25, -0.2) is 9.97 Å². The lowest BCUT2D eigenvalue weighted by molar-refractivity contribution is -0.140. The third-order valence-electron chi connectivity index (χ3n) is 5.35. The number of nitrogens with one attached hydrogen (secondary N) is 1. The SMILES string of the molecule is CCc1nc2c(-c3ccccc3)c(C(F)(F)F)[nH]n2c(=O)c1-c1nc2c(OC)cccc2o1. The van der Waals surface area contributed by atoms with Crippen LogP contribution in [0.15, 0.2) is 57.7 Å². The molecule has 3 aromatic heterocycles. The number of aromatic nitrogens is 4. The van der Waals surface area contributed by atoms with Crippen LogP contribution in [-0.4, -0.2) is 26.7 Å². The summed E-state index contributed by atoms with van der Waals surface area (Å²) in [6.45, 7) is 1.75. The first kappa shape index (κ1) is 20.8. The van der Waals surface area contributed by atoms with Crippen molar-refractivity contribution in [3.8, 4) is 28.3 Å². The van der Waals surface area contributed by atoms with Crippen LogP contribution < -0.4 is 10.3 Å². The van der Waals surface area contributed by atoms with Crippen molar-refractivity contribution in [2.45, 2.75) is 19.5 Å². The molecule has 0 aliphatic rings. The van der Waals surface area contributed by atoms with E-state index in [1.165, 1.54) is 19.2 Å². The van der Waals surface area contributed by atoms with Crippen LogP contribution in [0.1, 0.15) is 18.3 Å². The lowest BCUT2D eigenvalue weighted by Crippen LogP contribution is -2.20. The van der Waals surface area contributed by atoms with Crippen LogP contribution in [0.25, 0.3) is 39.3 Å². The average molecular weight is 454 g/mol. The fraction of sp³-hybridized carbons (Fsp3) is 0.174. The molecule has 3 heterocycles. The van der Waals surface area contributed by atoms with Crippen molar-refractivity contribution in [1.82, 2.24) is 19.6 Å². The Labute approximate surface area is 184 Å². The van der Waals surface area contributed by atoms with E-state index in [0.717, 1.165) is 4.52 Å². The Hall–Kier alpha value is -4.08. The van der Waals surface area contributed by atoms with Crippen LogP contribution in [0.2, 0.25) is 0 Å². The number of halogens is 3. The van der Waals surface area contributed by atoms with E-state index in [1.807, 2.05) is 0 Å². The maximum Gasteiger partial charge on any atom is 0.433 e. The van der Waals surface area contributed by atoms with Crippen molar-refractivity contribution in [3.05, 3.63) is 70.3 Å². The monoisotopic (exact) mass is 454 g/mol. The first-order valence-electron chi connectivity index (χ1n) is 10.1. The zero-order valence-electron chi connectivity index (χ0n) is 17.5. The lowest BCUT2D eigenvalue weighted by atomic mass is 10.1. The number of rotatable bonds is 4. The highest BCUT2D eigenvalue weighted by atomic mass is 19.4. The molecule has 0 atom stereocenters. The molecule has 7 nitrogen and oxygen atoms in total. The van der Waals surface area contributed by atoms with E-state index in [4.69, 9.17) is 9.15 Å². The van der Waals surface area contributed by atoms with E-state index >= 15 is 0 Å². The first-order valence-corrected chi connectivity index (χ1v) is 10.1. The lowest BCUT2D eigenvalue weighted by Gasteiger charge is -2.07. The quantitative estimate of drug-likeness (QED) is 0.409. The second-order valence-corrected chi connectivity index (χ2v) is 7.30. The van der Waals surface area contributed by atoms with Gasteiger partial charge in [-0.1, -0.05) is 43.3 Å². The van der Waals surface area contributed by atoms with Gasteiger partial charge in [0.1, 0.15) is 17.0 Å². The van der Waals surface area contributed by atoms with Gasteiger partial charge in [0.25, 0.3) is 5.56 Å². The molecule has 0 radical (unpaired) electrons. The molecule has 5 aromatic rings. The Balaban J connectivity index is 1.85. The molecule has 0 aliphatic carbocycles. The molecule has 0 bridgehead atoms. The van der Waals surface area contributed by atoms with Gasteiger partial charge in [0.2, 0.25) is 5.89 Å². The van der Waals surface area contributed by atoms with E-state index in [0.29, 0.717) is 16.8 Å². The highest BCUT2D eigenvalue weighted by molar-refractivity contribution is 5.84. The summed E-state index contributed by atoms with van der Waals surface area (Å²) in [6.07, 6.45) is -4.46. The number of ether oxygens (including phenoxy) is 1. The number of oxazole rings is 1. The zero-order valence-corrected chi connectivity index (χ0v) is 17.5. The summed E-state index contributed by atoms with van der Waals surface area (Å²) in [5, 5.41) is 2.21. The van der Waals surface area contributed by atoms with Gasteiger partial charge in [-0.2, -0.15) is 17.7 Å². The van der Waals surface area contributed by atoms with Gasteiger partial charge in [0, 0.05) is 0 Å². The molecule has 168 valence electrons. The molecule has 0 saturated heterocycles. The minimum atomic E-state index is -4.73. The summed E-state index contributed by atoms with van der Waals surface area (Å²) in [5.74, 6) is 0.406. The minimum absolute atomic E-state index is 0.0113. The zero-order chi connectivity index (χ0) is 23.3. The van der Waals surface area contributed by atoms with Crippen molar-refractivity contribution >= 4 is 16.7 Å². The minimum Gasteiger partial charge on any atom is -0.494 e. The predicted octanol–water partition coefficient (Wildman–Crippen LogP) is 5.09. The molecule has 0 amide bonds. The number of para-hydroxylation sites is 1. The Morgan fingerprint density at radius 2 is 1.82 bits per heavy atom. The summed E-state index contributed by atoms with van der Waals surface area (Å²) in [4.78, 5) is 22.3. The molecule has 0 aliphatic heterocycles. The van der Waals surface area contributed by atoms with Gasteiger partial charge in [0.15, 0.2) is 16.7 Å². The van der Waals surface area contributed by atoms with Gasteiger partial charge in [-0.3, -0.25) is 9.89 Å². The van der Waals surface area contributed by atoms with Crippen LogP contribution in [0.5, 0.6) is 5.75 Å². The van der Waals surface area contributed by atoms with Gasteiger partial charge < -0.3 is 9.15 Å². The molecule has 0 spiro atoms. The second-order valence-electron chi connectivity index (χ2n) is 7.30. The number of hydrogen-bond donors (Lipinski definition) is 1. The number of aromatic amines is 1. The summed E-state index contributed by atoms with van der Waals surface area (Å²) < 4.78 is 53.6. The van der Waals surface area contributed by atoms with Crippen molar-refractivity contribution in [3.63, 3.8) is 0 Å². The predicted molar refractivity (Wildman–Crippen MR) is 115 cm³/mol. The Morgan fingerprint density at radius 1 is 1.06 bits per heavy atom. The van der Waals surface area contributed by atoms with Crippen molar-refractivity contribution < 1.29 is 22.3 Å². The van der Waals surface area contributed by atoms with E-state index in [1.54, 1.807) is 43.3 Å². The fourth-order valence-corrected chi connectivity index (χ4v) is 3.87. The van der Waals surface area contributed by atoms with E-state index < -0.39 is 17.4 Å². The highest BCUT2D eigenvalue weighted by Gasteiger charge is 2.38. The normalized spacial score (nSPS) is 12.0. The van der Waals surface area contributed by atoms with E-state index in [2.05, 4.69) is 15.1 Å². The summed E-state index contributed by atoms with van der Waals surface area (Å²) in [6, 6.07) is 13.1. The van der Waals surface area contributed by atoms with Crippen LogP contribution in [-0.2, 0) is 12.6 Å². The standard InChI is InChI=1S/C23H17F3N4O3/c1-3-13-17(21-28-18-14(32-2)10-7-11-15(18)33-21)22(31)30-20(27-13)16(12-8-5-4-6-9-12)19(29-30)23(24,25)26/h4-11,29H,3H2,1-2H3. The second kappa shape index (κ2) is 7.51. The maximum absolute atomic E-state index is 13.9. The average Bonchev–Trinajstić information content (AvgIpc) is 3.41. The molecule has 1 N–H and O–H groups in total. The Morgan fingerprint density at radius 3 is 2.48 bits per heavy atom. The molecule has 10 heteroatoms. The summed E-state index contributed by atoms with van der Waals surface area (Å²) >= 11 is 0. The topological polar surface area (TPSA) is 85.4 Å². The number of H-pyrrole nitrogens is 1. The number of aryl methyl sites for hydroxylation is 1. The number of benzene rings is 2. The van der Waals surface area contributed by atoms with Gasteiger partial charge in [-0.15, -0.1) is 0 Å². The molecule has 0 saturated carbocycles. The molecular formula is C23H17F3N4O3. The number of alkyl halides is 3. The van der Waals surface area contributed by atoms with E-state index in [9.17, 15) is 18.0 Å². The van der Waals surface area contributed by atoms with Crippen LogP contribution in [0.3, 0.4) is 0 Å².